The minimum Gasteiger partial charge on any atom is -0.340 e. The van der Waals surface area contributed by atoms with Crippen molar-refractivity contribution in [2.24, 2.45) is 5.41 Å². The van der Waals surface area contributed by atoms with E-state index in [0.29, 0.717) is 11.4 Å². The van der Waals surface area contributed by atoms with Gasteiger partial charge in [0.25, 0.3) is 0 Å². The summed E-state index contributed by atoms with van der Waals surface area (Å²) in [4.78, 5) is 16.0. The summed E-state index contributed by atoms with van der Waals surface area (Å²) in [5.74, 6) is 0.298. The molecule has 0 N–H and O–H groups in total. The molecule has 4 rings (SSSR count). The van der Waals surface area contributed by atoms with Crippen LogP contribution in [0.4, 0.5) is 10.3 Å². The molecule has 2 fully saturated rings. The predicted octanol–water partition coefficient (Wildman–Crippen LogP) is 3.48. The van der Waals surface area contributed by atoms with Gasteiger partial charge in [-0.05, 0) is 44.9 Å². The summed E-state index contributed by atoms with van der Waals surface area (Å²) in [5.41, 5.74) is 0.336. The molecule has 1 unspecified atom stereocenters. The second-order valence-electron chi connectivity index (χ2n) is 7.20. The lowest BCUT2D eigenvalue weighted by Gasteiger charge is -2.40. The zero-order chi connectivity index (χ0) is 16.6. The first-order valence-corrected chi connectivity index (χ1v) is 9.44. The van der Waals surface area contributed by atoms with E-state index in [1.54, 1.807) is 0 Å². The van der Waals surface area contributed by atoms with Crippen LogP contribution in [-0.4, -0.2) is 41.0 Å². The van der Waals surface area contributed by atoms with Crippen LogP contribution in [0.3, 0.4) is 0 Å². The third-order valence-corrected chi connectivity index (χ3v) is 6.23. The van der Waals surface area contributed by atoms with E-state index in [4.69, 9.17) is 0 Å². The summed E-state index contributed by atoms with van der Waals surface area (Å²) in [6.45, 7) is 7.49. The lowest BCUT2D eigenvalue weighted by molar-refractivity contribution is 0.216. The Kier molecular flexibility index (Phi) is 4.26. The van der Waals surface area contributed by atoms with Gasteiger partial charge in [-0.3, -0.25) is 4.90 Å². The molecule has 0 amide bonds. The van der Waals surface area contributed by atoms with Crippen molar-refractivity contribution in [3.63, 3.8) is 0 Å². The number of halogens is 1. The number of aromatic nitrogens is 2. The molecule has 0 aromatic carbocycles. The molecule has 2 saturated heterocycles. The van der Waals surface area contributed by atoms with Crippen LogP contribution in [-0.2, 0) is 6.54 Å². The van der Waals surface area contributed by atoms with E-state index in [2.05, 4.69) is 38.8 Å². The highest BCUT2D eigenvalue weighted by Gasteiger charge is 2.41. The van der Waals surface area contributed by atoms with E-state index in [1.165, 1.54) is 35.0 Å². The molecule has 1 atom stereocenters. The first kappa shape index (κ1) is 16.0. The standard InChI is InChI=1S/C18H23FN4S/c1-14-3-4-16(24-14)11-22-8-6-18(12-22)5-2-7-23(13-18)17-20-9-15(19)10-21-17/h3-4,9-10H,2,5-8,11-13H2,1H3. The lowest BCUT2D eigenvalue weighted by atomic mass is 9.79. The number of piperidine rings is 1. The van der Waals surface area contributed by atoms with Crippen molar-refractivity contribution in [2.45, 2.75) is 32.7 Å². The first-order valence-electron chi connectivity index (χ1n) is 8.62. The van der Waals surface area contributed by atoms with Crippen LogP contribution >= 0.6 is 11.3 Å². The van der Waals surface area contributed by atoms with Crippen LogP contribution in [0.2, 0.25) is 0 Å². The monoisotopic (exact) mass is 346 g/mol. The number of thiophene rings is 1. The summed E-state index contributed by atoms with van der Waals surface area (Å²) in [5, 5.41) is 0. The number of likely N-dealkylation sites (tertiary alicyclic amines) is 1. The second kappa shape index (κ2) is 6.41. The highest BCUT2D eigenvalue weighted by Crippen LogP contribution is 2.40. The zero-order valence-electron chi connectivity index (χ0n) is 14.0. The SMILES string of the molecule is Cc1ccc(CN2CCC3(CCCN(c4ncc(F)cn4)C3)C2)s1. The quantitative estimate of drug-likeness (QED) is 0.852. The van der Waals surface area contributed by atoms with Gasteiger partial charge in [-0.1, -0.05) is 0 Å². The van der Waals surface area contributed by atoms with E-state index in [1.807, 2.05) is 11.3 Å². The van der Waals surface area contributed by atoms with Gasteiger partial charge in [-0.2, -0.15) is 0 Å². The molecule has 128 valence electrons. The molecule has 4 heterocycles. The minimum atomic E-state index is -0.372. The molecule has 0 saturated carbocycles. The number of rotatable bonds is 3. The topological polar surface area (TPSA) is 32.3 Å². The maximum atomic E-state index is 13.1. The van der Waals surface area contributed by atoms with E-state index in [9.17, 15) is 4.39 Å². The van der Waals surface area contributed by atoms with E-state index >= 15 is 0 Å². The zero-order valence-corrected chi connectivity index (χ0v) is 14.9. The average molecular weight is 346 g/mol. The van der Waals surface area contributed by atoms with Crippen LogP contribution in [0.1, 0.15) is 29.0 Å². The normalized spacial score (nSPS) is 24.8. The minimum absolute atomic E-state index is 0.336. The second-order valence-corrected chi connectivity index (χ2v) is 8.57. The molecule has 6 heteroatoms. The molecule has 4 nitrogen and oxygen atoms in total. The van der Waals surface area contributed by atoms with E-state index < -0.39 is 0 Å². The maximum Gasteiger partial charge on any atom is 0.225 e. The predicted molar refractivity (Wildman–Crippen MR) is 94.8 cm³/mol. The fourth-order valence-corrected chi connectivity index (χ4v) is 5.07. The van der Waals surface area contributed by atoms with Crippen molar-refractivity contribution in [1.29, 1.82) is 0 Å². The van der Waals surface area contributed by atoms with Crippen molar-refractivity contribution in [3.05, 3.63) is 40.1 Å². The molecule has 0 bridgehead atoms. The van der Waals surface area contributed by atoms with Crippen molar-refractivity contribution in [3.8, 4) is 0 Å². The summed E-state index contributed by atoms with van der Waals surface area (Å²) in [6.07, 6.45) is 6.19. The molecule has 2 aromatic rings. The Balaban J connectivity index is 1.42. The lowest BCUT2D eigenvalue weighted by Crippen LogP contribution is -2.45. The number of anilines is 1. The Bertz CT molecular complexity index is 701. The summed E-state index contributed by atoms with van der Waals surface area (Å²) in [7, 11) is 0. The van der Waals surface area contributed by atoms with Crippen LogP contribution in [0.15, 0.2) is 24.5 Å². The van der Waals surface area contributed by atoms with Gasteiger partial charge in [0.1, 0.15) is 0 Å². The number of aryl methyl sites for hydroxylation is 1. The largest absolute Gasteiger partial charge is 0.340 e. The van der Waals surface area contributed by atoms with Crippen molar-refractivity contribution in [2.75, 3.05) is 31.1 Å². The molecular weight excluding hydrogens is 323 g/mol. The molecular formula is C18H23FN4S. The Labute approximate surface area is 146 Å². The van der Waals surface area contributed by atoms with Crippen molar-refractivity contribution < 1.29 is 4.39 Å². The van der Waals surface area contributed by atoms with Gasteiger partial charge in [0.2, 0.25) is 5.95 Å². The van der Waals surface area contributed by atoms with Crippen LogP contribution in [0, 0.1) is 18.2 Å². The van der Waals surface area contributed by atoms with Crippen molar-refractivity contribution >= 4 is 17.3 Å². The van der Waals surface area contributed by atoms with Gasteiger partial charge in [-0.25, -0.2) is 14.4 Å². The molecule has 2 aliphatic rings. The van der Waals surface area contributed by atoms with E-state index in [-0.39, 0.29) is 5.82 Å². The van der Waals surface area contributed by atoms with Gasteiger partial charge in [-0.15, -0.1) is 11.3 Å². The van der Waals surface area contributed by atoms with Gasteiger partial charge < -0.3 is 4.90 Å². The number of nitrogens with zero attached hydrogens (tertiary/aromatic N) is 4. The Morgan fingerprint density at radius 2 is 2.00 bits per heavy atom. The van der Waals surface area contributed by atoms with Gasteiger partial charge >= 0.3 is 0 Å². The van der Waals surface area contributed by atoms with Gasteiger partial charge in [0.05, 0.1) is 12.4 Å². The molecule has 24 heavy (non-hydrogen) atoms. The average Bonchev–Trinajstić information content (AvgIpc) is 3.15. The smallest absolute Gasteiger partial charge is 0.225 e. The molecule has 0 aliphatic carbocycles. The molecule has 2 aliphatic heterocycles. The summed E-state index contributed by atoms with van der Waals surface area (Å²) in [6, 6.07) is 4.46. The van der Waals surface area contributed by atoms with Gasteiger partial charge in [0.15, 0.2) is 5.82 Å². The third kappa shape index (κ3) is 3.30. The maximum absolute atomic E-state index is 13.1. The van der Waals surface area contributed by atoms with Crippen LogP contribution in [0.5, 0.6) is 0 Å². The third-order valence-electron chi connectivity index (χ3n) is 5.24. The molecule has 1 spiro atoms. The Hall–Kier alpha value is -1.53. The van der Waals surface area contributed by atoms with Crippen LogP contribution < -0.4 is 4.90 Å². The first-order chi connectivity index (χ1) is 11.6. The summed E-state index contributed by atoms with van der Waals surface area (Å²) < 4.78 is 13.1. The Morgan fingerprint density at radius 1 is 1.17 bits per heavy atom. The number of hydrogen-bond donors (Lipinski definition) is 0. The van der Waals surface area contributed by atoms with E-state index in [0.717, 1.165) is 39.1 Å². The molecule has 2 aromatic heterocycles. The number of hydrogen-bond acceptors (Lipinski definition) is 5. The van der Waals surface area contributed by atoms with Crippen LogP contribution in [0.25, 0.3) is 0 Å². The highest BCUT2D eigenvalue weighted by molar-refractivity contribution is 7.11. The molecule has 0 radical (unpaired) electrons. The van der Waals surface area contributed by atoms with Crippen molar-refractivity contribution in [1.82, 2.24) is 14.9 Å². The fraction of sp³-hybridized carbons (Fsp3) is 0.556. The highest BCUT2D eigenvalue weighted by atomic mass is 32.1. The fourth-order valence-electron chi connectivity index (χ4n) is 4.13. The summed E-state index contributed by atoms with van der Waals surface area (Å²) >= 11 is 1.90. The van der Waals surface area contributed by atoms with Gasteiger partial charge in [0, 0.05) is 41.3 Å². The Morgan fingerprint density at radius 3 is 2.75 bits per heavy atom.